The van der Waals surface area contributed by atoms with E-state index in [2.05, 4.69) is 22.3 Å². The second-order valence-electron chi connectivity index (χ2n) is 6.84. The number of nitro benzene ring substituents is 1. The van der Waals surface area contributed by atoms with Gasteiger partial charge in [0.2, 0.25) is 0 Å². The highest BCUT2D eigenvalue weighted by Crippen LogP contribution is 2.22. The lowest BCUT2D eigenvalue weighted by molar-refractivity contribution is -0.384. The molecule has 6 nitrogen and oxygen atoms in total. The Morgan fingerprint density at radius 2 is 2.04 bits per heavy atom. The SMILES string of the molecule is C[C@@H](NC(=O)c1cccc([N+](=O)[O-])c1)[C@@H]1CCN(Cc2ccccc2)C1. The van der Waals surface area contributed by atoms with Crippen molar-refractivity contribution in [2.75, 3.05) is 13.1 Å². The average Bonchev–Trinajstić information content (AvgIpc) is 3.11. The summed E-state index contributed by atoms with van der Waals surface area (Å²) >= 11 is 0. The number of carbonyl (C=O) groups excluding carboxylic acids is 1. The Morgan fingerprint density at radius 1 is 1.27 bits per heavy atom. The number of amides is 1. The Kier molecular flexibility index (Phi) is 5.63. The molecule has 0 aromatic heterocycles. The maximum atomic E-state index is 12.4. The van der Waals surface area contributed by atoms with Gasteiger partial charge in [0, 0.05) is 36.8 Å². The first-order chi connectivity index (χ1) is 12.5. The number of rotatable bonds is 6. The Hall–Kier alpha value is -2.73. The molecular formula is C20H23N3O3. The summed E-state index contributed by atoms with van der Waals surface area (Å²) in [5, 5.41) is 13.9. The lowest BCUT2D eigenvalue weighted by atomic mass is 10.00. The van der Waals surface area contributed by atoms with E-state index in [9.17, 15) is 14.9 Å². The van der Waals surface area contributed by atoms with Crippen LogP contribution in [0.3, 0.4) is 0 Å². The van der Waals surface area contributed by atoms with Crippen molar-refractivity contribution in [3.8, 4) is 0 Å². The number of nitro groups is 1. The van der Waals surface area contributed by atoms with Crippen LogP contribution >= 0.6 is 0 Å². The van der Waals surface area contributed by atoms with Crippen molar-refractivity contribution in [3.63, 3.8) is 0 Å². The number of carbonyl (C=O) groups is 1. The highest BCUT2D eigenvalue weighted by molar-refractivity contribution is 5.95. The number of hydrogen-bond donors (Lipinski definition) is 1. The van der Waals surface area contributed by atoms with Crippen molar-refractivity contribution in [2.24, 2.45) is 5.92 Å². The first kappa shape index (κ1) is 18.1. The van der Waals surface area contributed by atoms with Crippen molar-refractivity contribution < 1.29 is 9.72 Å². The largest absolute Gasteiger partial charge is 0.349 e. The summed E-state index contributed by atoms with van der Waals surface area (Å²) in [6.45, 7) is 4.87. The molecule has 3 rings (SSSR count). The maximum Gasteiger partial charge on any atom is 0.270 e. The molecule has 1 fully saturated rings. The first-order valence-corrected chi connectivity index (χ1v) is 8.84. The van der Waals surface area contributed by atoms with Gasteiger partial charge in [0.15, 0.2) is 0 Å². The van der Waals surface area contributed by atoms with Crippen LogP contribution < -0.4 is 5.32 Å². The average molecular weight is 353 g/mol. The molecule has 1 saturated heterocycles. The fourth-order valence-corrected chi connectivity index (χ4v) is 3.42. The zero-order chi connectivity index (χ0) is 18.5. The standard InChI is InChI=1S/C20H23N3O3/c1-15(21-20(24)17-8-5-9-19(12-17)23(25)26)18-10-11-22(14-18)13-16-6-3-2-4-7-16/h2-9,12,15,18H,10-11,13-14H2,1H3,(H,21,24)/t15-,18-/m1/s1. The van der Waals surface area contributed by atoms with Gasteiger partial charge in [0.05, 0.1) is 4.92 Å². The van der Waals surface area contributed by atoms with E-state index in [-0.39, 0.29) is 17.6 Å². The van der Waals surface area contributed by atoms with Crippen molar-refractivity contribution in [1.82, 2.24) is 10.2 Å². The Labute approximate surface area is 153 Å². The van der Waals surface area contributed by atoms with Gasteiger partial charge in [-0.05, 0) is 37.4 Å². The molecule has 1 amide bonds. The summed E-state index contributed by atoms with van der Waals surface area (Å²) in [6.07, 6.45) is 1.03. The van der Waals surface area contributed by atoms with Crippen LogP contribution in [0.15, 0.2) is 54.6 Å². The minimum atomic E-state index is -0.487. The van der Waals surface area contributed by atoms with Crippen LogP contribution in [-0.4, -0.2) is 34.9 Å². The van der Waals surface area contributed by atoms with Crippen molar-refractivity contribution in [2.45, 2.75) is 25.9 Å². The summed E-state index contributed by atoms with van der Waals surface area (Å²) in [4.78, 5) is 25.2. The molecule has 0 aliphatic carbocycles. The zero-order valence-electron chi connectivity index (χ0n) is 14.8. The van der Waals surface area contributed by atoms with E-state index in [4.69, 9.17) is 0 Å². The second-order valence-corrected chi connectivity index (χ2v) is 6.84. The maximum absolute atomic E-state index is 12.4. The van der Waals surface area contributed by atoms with Crippen LogP contribution in [0.25, 0.3) is 0 Å². The lowest BCUT2D eigenvalue weighted by Gasteiger charge is -2.22. The van der Waals surface area contributed by atoms with Gasteiger partial charge in [-0.2, -0.15) is 0 Å². The molecule has 26 heavy (non-hydrogen) atoms. The van der Waals surface area contributed by atoms with Crippen molar-refractivity contribution in [1.29, 1.82) is 0 Å². The first-order valence-electron chi connectivity index (χ1n) is 8.84. The third-order valence-electron chi connectivity index (χ3n) is 4.94. The molecule has 2 atom stereocenters. The van der Waals surface area contributed by atoms with E-state index in [1.54, 1.807) is 6.07 Å². The lowest BCUT2D eigenvalue weighted by Crippen LogP contribution is -2.39. The number of likely N-dealkylation sites (tertiary alicyclic amines) is 1. The summed E-state index contributed by atoms with van der Waals surface area (Å²) in [6, 6.07) is 16.2. The van der Waals surface area contributed by atoms with E-state index < -0.39 is 4.92 Å². The minimum Gasteiger partial charge on any atom is -0.349 e. The fourth-order valence-electron chi connectivity index (χ4n) is 3.42. The van der Waals surface area contributed by atoms with E-state index in [1.165, 1.54) is 23.8 Å². The predicted molar refractivity (Wildman–Crippen MR) is 99.9 cm³/mol. The Balaban J connectivity index is 1.55. The molecule has 0 spiro atoms. The molecule has 1 aliphatic rings. The zero-order valence-corrected chi connectivity index (χ0v) is 14.8. The van der Waals surface area contributed by atoms with Crippen molar-refractivity contribution >= 4 is 11.6 Å². The molecule has 0 radical (unpaired) electrons. The topological polar surface area (TPSA) is 75.5 Å². The van der Waals surface area contributed by atoms with Gasteiger partial charge < -0.3 is 5.32 Å². The van der Waals surface area contributed by atoms with Crippen LogP contribution in [0.4, 0.5) is 5.69 Å². The Bertz CT molecular complexity index is 779. The van der Waals surface area contributed by atoms with E-state index in [0.717, 1.165) is 26.1 Å². The molecule has 6 heteroatoms. The number of benzene rings is 2. The van der Waals surface area contributed by atoms with Gasteiger partial charge in [0.1, 0.15) is 0 Å². The van der Waals surface area contributed by atoms with Gasteiger partial charge in [0.25, 0.3) is 11.6 Å². The number of nitrogens with zero attached hydrogens (tertiary/aromatic N) is 2. The highest BCUT2D eigenvalue weighted by Gasteiger charge is 2.28. The van der Waals surface area contributed by atoms with E-state index in [1.807, 2.05) is 25.1 Å². The molecule has 136 valence electrons. The molecule has 0 unspecified atom stereocenters. The number of nitrogens with one attached hydrogen (secondary N) is 1. The molecular weight excluding hydrogens is 330 g/mol. The van der Waals surface area contributed by atoms with E-state index in [0.29, 0.717) is 11.5 Å². The summed E-state index contributed by atoms with van der Waals surface area (Å²) in [5.41, 5.74) is 1.55. The summed E-state index contributed by atoms with van der Waals surface area (Å²) in [5.74, 6) is 0.115. The van der Waals surface area contributed by atoms with Gasteiger partial charge in [-0.15, -0.1) is 0 Å². The molecule has 1 aliphatic heterocycles. The predicted octanol–water partition coefficient (Wildman–Crippen LogP) is 3.24. The molecule has 1 heterocycles. The molecule has 2 aromatic carbocycles. The quantitative estimate of drug-likeness (QED) is 0.639. The molecule has 0 saturated carbocycles. The van der Waals surface area contributed by atoms with Gasteiger partial charge in [-0.3, -0.25) is 19.8 Å². The Morgan fingerprint density at radius 3 is 2.77 bits per heavy atom. The smallest absolute Gasteiger partial charge is 0.270 e. The number of hydrogen-bond acceptors (Lipinski definition) is 4. The molecule has 2 aromatic rings. The van der Waals surface area contributed by atoms with E-state index >= 15 is 0 Å². The minimum absolute atomic E-state index is 0.0162. The summed E-state index contributed by atoms with van der Waals surface area (Å²) < 4.78 is 0. The summed E-state index contributed by atoms with van der Waals surface area (Å²) in [7, 11) is 0. The third-order valence-corrected chi connectivity index (χ3v) is 4.94. The van der Waals surface area contributed by atoms with Crippen LogP contribution in [-0.2, 0) is 6.54 Å². The molecule has 0 bridgehead atoms. The van der Waals surface area contributed by atoms with Crippen LogP contribution in [0.5, 0.6) is 0 Å². The fraction of sp³-hybridized carbons (Fsp3) is 0.350. The monoisotopic (exact) mass is 353 g/mol. The van der Waals surface area contributed by atoms with Crippen LogP contribution in [0.1, 0.15) is 29.3 Å². The van der Waals surface area contributed by atoms with Crippen LogP contribution in [0.2, 0.25) is 0 Å². The normalized spacial score (nSPS) is 18.4. The molecule has 1 N–H and O–H groups in total. The highest BCUT2D eigenvalue weighted by atomic mass is 16.6. The second kappa shape index (κ2) is 8.10. The van der Waals surface area contributed by atoms with Gasteiger partial charge in [-0.25, -0.2) is 0 Å². The van der Waals surface area contributed by atoms with Gasteiger partial charge in [-0.1, -0.05) is 36.4 Å². The van der Waals surface area contributed by atoms with Crippen LogP contribution in [0, 0.1) is 16.0 Å². The number of non-ortho nitro benzene ring substituents is 1. The van der Waals surface area contributed by atoms with Gasteiger partial charge >= 0.3 is 0 Å². The third kappa shape index (κ3) is 4.46. The van der Waals surface area contributed by atoms with Crippen molar-refractivity contribution in [3.05, 3.63) is 75.8 Å².